The summed E-state index contributed by atoms with van der Waals surface area (Å²) in [5, 5.41) is 0. The van der Waals surface area contributed by atoms with Crippen LogP contribution in [0.5, 0.6) is 5.75 Å². The van der Waals surface area contributed by atoms with Gasteiger partial charge in [-0.25, -0.2) is 0 Å². The van der Waals surface area contributed by atoms with Crippen LogP contribution in [0.25, 0.3) is 6.08 Å². The fraction of sp³-hybridized carbons (Fsp3) is 0.0500. The Hall–Kier alpha value is -3.07. The lowest BCUT2D eigenvalue weighted by Crippen LogP contribution is -2.23. The van der Waals surface area contributed by atoms with E-state index in [1.165, 1.54) is 0 Å². The maximum absolute atomic E-state index is 12.9. The Balaban J connectivity index is 1.87. The Morgan fingerprint density at radius 1 is 0.870 bits per heavy atom. The summed E-state index contributed by atoms with van der Waals surface area (Å²) in [6, 6.07) is 20.7. The maximum Gasteiger partial charge on any atom is 0.196 e. The number of hydrogen-bond donors (Lipinski definition) is 0. The van der Waals surface area contributed by atoms with Crippen molar-refractivity contribution in [1.82, 2.24) is 0 Å². The van der Waals surface area contributed by atoms with Gasteiger partial charge in [0.2, 0.25) is 0 Å². The molecule has 1 aromatic heterocycles. The molecule has 1 atom stereocenters. The molecule has 0 N–H and O–H groups in total. The minimum absolute atomic E-state index is 0.0305. The summed E-state index contributed by atoms with van der Waals surface area (Å²) in [7, 11) is 0. The highest BCUT2D eigenvalue weighted by Crippen LogP contribution is 2.39. The molecule has 3 nitrogen and oxygen atoms in total. The van der Waals surface area contributed by atoms with E-state index < -0.39 is 6.10 Å². The first-order chi connectivity index (χ1) is 11.3. The standard InChI is InChI=1S/C20H14O3/c21-19-16-10-4-5-11-18(16)23-20(14-7-2-1-3-8-14)17(19)13-15-9-6-12-22-15/h1-13,20H/t20-/m1/s1. The van der Waals surface area contributed by atoms with Crippen LogP contribution in [0.15, 0.2) is 83.0 Å². The first-order valence-electron chi connectivity index (χ1n) is 7.43. The molecule has 3 aromatic rings. The molecule has 0 aliphatic carbocycles. The third kappa shape index (κ3) is 2.46. The minimum atomic E-state index is -0.441. The number of Topliss-reactive ketones (excluding diaryl/α,β-unsaturated/α-hetero) is 1. The molecule has 0 bridgehead atoms. The highest BCUT2D eigenvalue weighted by molar-refractivity contribution is 6.14. The van der Waals surface area contributed by atoms with Crippen molar-refractivity contribution in [1.29, 1.82) is 0 Å². The number of furan rings is 1. The molecule has 4 rings (SSSR count). The van der Waals surface area contributed by atoms with Gasteiger partial charge in [0.25, 0.3) is 0 Å². The van der Waals surface area contributed by atoms with E-state index in [0.717, 1.165) is 5.56 Å². The third-order valence-electron chi connectivity index (χ3n) is 3.86. The van der Waals surface area contributed by atoms with Gasteiger partial charge in [0.1, 0.15) is 11.5 Å². The highest BCUT2D eigenvalue weighted by atomic mass is 16.5. The lowest BCUT2D eigenvalue weighted by Gasteiger charge is -2.28. The second-order valence-electron chi connectivity index (χ2n) is 5.35. The summed E-state index contributed by atoms with van der Waals surface area (Å²) in [5.41, 5.74) is 2.09. The molecule has 0 radical (unpaired) electrons. The normalized spacial score (nSPS) is 18.5. The predicted molar refractivity (Wildman–Crippen MR) is 87.3 cm³/mol. The maximum atomic E-state index is 12.9. The zero-order valence-electron chi connectivity index (χ0n) is 12.3. The van der Waals surface area contributed by atoms with E-state index in [1.54, 1.807) is 24.5 Å². The molecule has 23 heavy (non-hydrogen) atoms. The smallest absolute Gasteiger partial charge is 0.196 e. The lowest BCUT2D eigenvalue weighted by molar-refractivity contribution is 0.0963. The quantitative estimate of drug-likeness (QED) is 0.645. The molecule has 1 aliphatic rings. The van der Waals surface area contributed by atoms with Crippen LogP contribution in [0.2, 0.25) is 0 Å². The SMILES string of the molecule is O=C1C(=Cc2ccco2)[C@@H](c2ccccc2)Oc2ccccc21. The van der Waals surface area contributed by atoms with Gasteiger partial charge in [0.15, 0.2) is 11.9 Å². The first-order valence-corrected chi connectivity index (χ1v) is 7.43. The van der Waals surface area contributed by atoms with E-state index in [9.17, 15) is 4.79 Å². The van der Waals surface area contributed by atoms with Gasteiger partial charge in [-0.05, 0) is 35.9 Å². The monoisotopic (exact) mass is 302 g/mol. The van der Waals surface area contributed by atoms with E-state index in [1.807, 2.05) is 54.6 Å². The minimum Gasteiger partial charge on any atom is -0.480 e. The average molecular weight is 302 g/mol. The molecule has 0 amide bonds. The van der Waals surface area contributed by atoms with E-state index in [0.29, 0.717) is 22.6 Å². The van der Waals surface area contributed by atoms with E-state index in [4.69, 9.17) is 9.15 Å². The van der Waals surface area contributed by atoms with Crippen molar-refractivity contribution in [2.24, 2.45) is 0 Å². The number of carbonyl (C=O) groups excluding carboxylic acids is 1. The van der Waals surface area contributed by atoms with Gasteiger partial charge in [0.05, 0.1) is 11.8 Å². The van der Waals surface area contributed by atoms with Gasteiger partial charge in [-0.1, -0.05) is 42.5 Å². The van der Waals surface area contributed by atoms with Gasteiger partial charge in [-0.3, -0.25) is 4.79 Å². The number of rotatable bonds is 2. The van der Waals surface area contributed by atoms with Crippen molar-refractivity contribution in [3.63, 3.8) is 0 Å². The van der Waals surface area contributed by atoms with Gasteiger partial charge < -0.3 is 9.15 Å². The van der Waals surface area contributed by atoms with Gasteiger partial charge in [-0.15, -0.1) is 0 Å². The Bertz CT molecular complexity index is 861. The molecule has 0 spiro atoms. The summed E-state index contributed by atoms with van der Waals surface area (Å²) in [6.07, 6.45) is 2.91. The number of hydrogen-bond acceptors (Lipinski definition) is 3. The molecule has 0 unspecified atom stereocenters. The molecule has 0 saturated carbocycles. The summed E-state index contributed by atoms with van der Waals surface area (Å²) in [4.78, 5) is 12.9. The molecule has 2 heterocycles. The van der Waals surface area contributed by atoms with Gasteiger partial charge >= 0.3 is 0 Å². The molecular formula is C20H14O3. The Morgan fingerprint density at radius 2 is 1.65 bits per heavy atom. The summed E-state index contributed by atoms with van der Waals surface area (Å²) in [5.74, 6) is 1.22. The lowest BCUT2D eigenvalue weighted by atomic mass is 9.90. The van der Waals surface area contributed by atoms with Crippen LogP contribution in [0.3, 0.4) is 0 Å². The Labute approximate surface area is 133 Å². The van der Waals surface area contributed by atoms with Crippen LogP contribution in [0, 0.1) is 0 Å². The fourth-order valence-electron chi connectivity index (χ4n) is 2.77. The van der Waals surface area contributed by atoms with E-state index in [-0.39, 0.29) is 5.78 Å². The molecule has 1 aliphatic heterocycles. The number of para-hydroxylation sites is 1. The largest absolute Gasteiger partial charge is 0.480 e. The predicted octanol–water partition coefficient (Wildman–Crippen LogP) is 4.68. The van der Waals surface area contributed by atoms with Crippen LogP contribution < -0.4 is 4.74 Å². The number of ketones is 1. The van der Waals surface area contributed by atoms with Crippen LogP contribution in [0.1, 0.15) is 27.8 Å². The van der Waals surface area contributed by atoms with Crippen LogP contribution in [-0.4, -0.2) is 5.78 Å². The Morgan fingerprint density at radius 3 is 2.43 bits per heavy atom. The first kappa shape index (κ1) is 13.6. The van der Waals surface area contributed by atoms with E-state index in [2.05, 4.69) is 0 Å². The summed E-state index contributed by atoms with van der Waals surface area (Å²) < 4.78 is 11.5. The topological polar surface area (TPSA) is 39.4 Å². The van der Waals surface area contributed by atoms with Crippen molar-refractivity contribution < 1.29 is 13.9 Å². The third-order valence-corrected chi connectivity index (χ3v) is 3.86. The average Bonchev–Trinajstić information content (AvgIpc) is 3.11. The number of carbonyl (C=O) groups is 1. The van der Waals surface area contributed by atoms with E-state index >= 15 is 0 Å². The molecule has 2 aromatic carbocycles. The van der Waals surface area contributed by atoms with Crippen LogP contribution >= 0.6 is 0 Å². The molecular weight excluding hydrogens is 288 g/mol. The number of benzene rings is 2. The van der Waals surface area contributed by atoms with Crippen molar-refractivity contribution in [3.05, 3.63) is 95.5 Å². The van der Waals surface area contributed by atoms with Crippen molar-refractivity contribution >= 4 is 11.9 Å². The second kappa shape index (κ2) is 5.61. The number of fused-ring (bicyclic) bond motifs is 1. The zero-order chi connectivity index (χ0) is 15.6. The molecule has 0 fully saturated rings. The molecule has 3 heteroatoms. The van der Waals surface area contributed by atoms with Gasteiger partial charge in [-0.2, -0.15) is 0 Å². The fourth-order valence-corrected chi connectivity index (χ4v) is 2.77. The molecule has 0 saturated heterocycles. The van der Waals surface area contributed by atoms with Crippen molar-refractivity contribution in [2.75, 3.05) is 0 Å². The van der Waals surface area contributed by atoms with Crippen molar-refractivity contribution in [2.45, 2.75) is 6.10 Å². The summed E-state index contributed by atoms with van der Waals surface area (Å²) in [6.45, 7) is 0. The van der Waals surface area contributed by atoms with Crippen LogP contribution in [-0.2, 0) is 0 Å². The zero-order valence-corrected chi connectivity index (χ0v) is 12.3. The second-order valence-corrected chi connectivity index (χ2v) is 5.35. The number of ether oxygens (including phenoxy) is 1. The molecule has 112 valence electrons. The van der Waals surface area contributed by atoms with Gasteiger partial charge in [0, 0.05) is 5.57 Å². The Kier molecular flexibility index (Phi) is 3.31. The van der Waals surface area contributed by atoms with Crippen molar-refractivity contribution in [3.8, 4) is 5.75 Å². The van der Waals surface area contributed by atoms with Crippen LogP contribution in [0.4, 0.5) is 0 Å². The summed E-state index contributed by atoms with van der Waals surface area (Å²) >= 11 is 0. The highest BCUT2D eigenvalue weighted by Gasteiger charge is 2.32.